The van der Waals surface area contributed by atoms with Crippen molar-refractivity contribution >= 4 is 29.2 Å². The normalized spacial score (nSPS) is 14.3. The molecule has 2 heterocycles. The number of aromatic nitrogens is 3. The Labute approximate surface area is 205 Å². The molecule has 1 aliphatic rings. The fourth-order valence-corrected chi connectivity index (χ4v) is 3.83. The van der Waals surface area contributed by atoms with E-state index in [1.807, 2.05) is 30.0 Å². The van der Waals surface area contributed by atoms with Crippen molar-refractivity contribution in [3.8, 4) is 11.5 Å². The molecule has 2 aromatic carbocycles. The van der Waals surface area contributed by atoms with Gasteiger partial charge in [0.25, 0.3) is 0 Å². The molecule has 1 aliphatic heterocycles. The van der Waals surface area contributed by atoms with E-state index in [4.69, 9.17) is 4.74 Å². The number of carbonyl (C=O) groups excluding carboxylic acids is 1. The summed E-state index contributed by atoms with van der Waals surface area (Å²) in [6.45, 7) is 4.53. The number of amides is 1. The number of alkyl halides is 3. The van der Waals surface area contributed by atoms with Crippen LogP contribution in [0.2, 0.25) is 0 Å². The molecule has 1 aromatic heterocycles. The van der Waals surface area contributed by atoms with Crippen LogP contribution in [0.3, 0.4) is 0 Å². The molecule has 1 fully saturated rings. The summed E-state index contributed by atoms with van der Waals surface area (Å²) in [6, 6.07) is 11.0. The van der Waals surface area contributed by atoms with Gasteiger partial charge in [-0.05, 0) is 36.8 Å². The fourth-order valence-electron chi connectivity index (χ4n) is 3.83. The van der Waals surface area contributed by atoms with Crippen LogP contribution in [0.1, 0.15) is 25.3 Å². The van der Waals surface area contributed by atoms with E-state index in [1.54, 1.807) is 6.07 Å². The third kappa shape index (κ3) is 6.74. The number of hydrogen-bond acceptors (Lipinski definition) is 8. The summed E-state index contributed by atoms with van der Waals surface area (Å²) in [6.07, 6.45) is -2.23. The standard InChI is InChI=1S/C24H25F3N6O3/c1-15-20(30-16(2)34)7-4-8-21(15)31-22-28-14-29-23(32-22)33-11-9-17(10-12-33)35-18-5-3-6-19(13-18)36-24(25,26)27/h3-8,13-14,17H,9-12H2,1-2H3,(H,30,34)(H,28,29,31,32). The van der Waals surface area contributed by atoms with Gasteiger partial charge < -0.3 is 25.0 Å². The van der Waals surface area contributed by atoms with E-state index in [1.165, 1.54) is 31.5 Å². The van der Waals surface area contributed by atoms with Crippen molar-refractivity contribution in [2.24, 2.45) is 0 Å². The minimum Gasteiger partial charge on any atom is -0.490 e. The number of hydrogen-bond donors (Lipinski definition) is 2. The van der Waals surface area contributed by atoms with Crippen LogP contribution in [0, 0.1) is 6.92 Å². The van der Waals surface area contributed by atoms with Gasteiger partial charge in [0.05, 0.1) is 0 Å². The second-order valence-corrected chi connectivity index (χ2v) is 8.22. The van der Waals surface area contributed by atoms with Gasteiger partial charge in [0.2, 0.25) is 17.8 Å². The van der Waals surface area contributed by atoms with Gasteiger partial charge in [-0.2, -0.15) is 4.98 Å². The summed E-state index contributed by atoms with van der Waals surface area (Å²) in [5.41, 5.74) is 2.29. The van der Waals surface area contributed by atoms with Crippen LogP contribution in [0.15, 0.2) is 48.8 Å². The molecule has 0 saturated carbocycles. The number of piperidine rings is 1. The molecule has 0 unspecified atom stereocenters. The van der Waals surface area contributed by atoms with Gasteiger partial charge >= 0.3 is 6.36 Å². The quantitative estimate of drug-likeness (QED) is 0.474. The lowest BCUT2D eigenvalue weighted by Gasteiger charge is -2.32. The molecule has 9 nitrogen and oxygen atoms in total. The molecule has 3 aromatic rings. The van der Waals surface area contributed by atoms with Crippen LogP contribution in [-0.4, -0.2) is 46.4 Å². The highest BCUT2D eigenvalue weighted by Gasteiger charge is 2.31. The number of nitrogens with one attached hydrogen (secondary N) is 2. The Balaban J connectivity index is 1.36. The number of carbonyl (C=O) groups is 1. The van der Waals surface area contributed by atoms with Crippen molar-refractivity contribution in [2.75, 3.05) is 28.6 Å². The Kier molecular flexibility index (Phi) is 7.41. The van der Waals surface area contributed by atoms with E-state index >= 15 is 0 Å². The monoisotopic (exact) mass is 502 g/mol. The number of rotatable bonds is 7. The van der Waals surface area contributed by atoms with E-state index in [0.717, 1.165) is 11.3 Å². The van der Waals surface area contributed by atoms with Crippen molar-refractivity contribution in [1.82, 2.24) is 15.0 Å². The predicted molar refractivity (Wildman–Crippen MR) is 128 cm³/mol. The maximum absolute atomic E-state index is 12.5. The maximum Gasteiger partial charge on any atom is 0.573 e. The highest BCUT2D eigenvalue weighted by molar-refractivity contribution is 5.90. The molecule has 190 valence electrons. The minimum absolute atomic E-state index is 0.160. The van der Waals surface area contributed by atoms with Crippen LogP contribution in [-0.2, 0) is 4.79 Å². The van der Waals surface area contributed by atoms with Crippen molar-refractivity contribution < 1.29 is 27.4 Å². The number of benzene rings is 2. The molecule has 0 spiro atoms. The highest BCUT2D eigenvalue weighted by atomic mass is 19.4. The first-order valence-electron chi connectivity index (χ1n) is 11.3. The average Bonchev–Trinajstić information content (AvgIpc) is 2.81. The molecule has 0 bridgehead atoms. The Morgan fingerprint density at radius 3 is 2.47 bits per heavy atom. The summed E-state index contributed by atoms with van der Waals surface area (Å²) in [7, 11) is 0. The van der Waals surface area contributed by atoms with Crippen molar-refractivity contribution in [3.63, 3.8) is 0 Å². The van der Waals surface area contributed by atoms with Gasteiger partial charge in [-0.25, -0.2) is 9.97 Å². The van der Waals surface area contributed by atoms with E-state index in [9.17, 15) is 18.0 Å². The molecule has 0 radical (unpaired) electrons. The zero-order chi connectivity index (χ0) is 25.7. The van der Waals surface area contributed by atoms with Crippen molar-refractivity contribution in [1.29, 1.82) is 0 Å². The van der Waals surface area contributed by atoms with E-state index in [-0.39, 0.29) is 17.8 Å². The van der Waals surface area contributed by atoms with E-state index < -0.39 is 6.36 Å². The zero-order valence-corrected chi connectivity index (χ0v) is 19.7. The Hall–Kier alpha value is -4.09. The van der Waals surface area contributed by atoms with Crippen molar-refractivity contribution in [2.45, 2.75) is 39.2 Å². The van der Waals surface area contributed by atoms with E-state index in [2.05, 4.69) is 30.3 Å². The number of nitrogens with zero attached hydrogens (tertiary/aromatic N) is 4. The summed E-state index contributed by atoms with van der Waals surface area (Å²) in [5.74, 6) is 0.705. The lowest BCUT2D eigenvalue weighted by molar-refractivity contribution is -0.274. The number of ether oxygens (including phenoxy) is 2. The Morgan fingerprint density at radius 1 is 1.06 bits per heavy atom. The summed E-state index contributed by atoms with van der Waals surface area (Å²) in [5, 5.41) is 5.96. The van der Waals surface area contributed by atoms with Crippen LogP contribution in [0.5, 0.6) is 11.5 Å². The lowest BCUT2D eigenvalue weighted by atomic mass is 10.1. The number of halogens is 3. The topological polar surface area (TPSA) is 102 Å². The average molecular weight is 502 g/mol. The maximum atomic E-state index is 12.5. The third-order valence-corrected chi connectivity index (χ3v) is 5.52. The van der Waals surface area contributed by atoms with Gasteiger partial charge in [-0.3, -0.25) is 4.79 Å². The van der Waals surface area contributed by atoms with Gasteiger partial charge in [-0.1, -0.05) is 12.1 Å². The second kappa shape index (κ2) is 10.7. The highest BCUT2D eigenvalue weighted by Crippen LogP contribution is 2.29. The third-order valence-electron chi connectivity index (χ3n) is 5.52. The molecule has 1 saturated heterocycles. The molecule has 0 aliphatic carbocycles. The molecular formula is C24H25F3N6O3. The molecule has 36 heavy (non-hydrogen) atoms. The minimum atomic E-state index is -4.75. The first-order chi connectivity index (χ1) is 17.2. The molecule has 12 heteroatoms. The smallest absolute Gasteiger partial charge is 0.490 e. The van der Waals surface area contributed by atoms with Gasteiger partial charge in [0.1, 0.15) is 23.9 Å². The number of anilines is 4. The van der Waals surface area contributed by atoms with Crippen LogP contribution < -0.4 is 25.0 Å². The molecule has 4 rings (SSSR count). The second-order valence-electron chi connectivity index (χ2n) is 8.22. The van der Waals surface area contributed by atoms with Crippen LogP contribution in [0.4, 0.5) is 36.4 Å². The molecule has 1 amide bonds. The largest absolute Gasteiger partial charge is 0.573 e. The zero-order valence-electron chi connectivity index (χ0n) is 19.7. The molecule has 0 atom stereocenters. The van der Waals surface area contributed by atoms with Gasteiger partial charge in [0.15, 0.2) is 0 Å². The Bertz CT molecular complexity index is 1220. The van der Waals surface area contributed by atoms with Gasteiger partial charge in [-0.15, -0.1) is 13.2 Å². The van der Waals surface area contributed by atoms with Crippen LogP contribution >= 0.6 is 0 Å². The first kappa shape index (κ1) is 25.0. The SMILES string of the molecule is CC(=O)Nc1cccc(Nc2ncnc(N3CCC(Oc4cccc(OC(F)(F)F)c4)CC3)n2)c1C. The van der Waals surface area contributed by atoms with E-state index in [0.29, 0.717) is 49.3 Å². The van der Waals surface area contributed by atoms with Crippen molar-refractivity contribution in [3.05, 3.63) is 54.4 Å². The molecule has 2 N–H and O–H groups in total. The van der Waals surface area contributed by atoms with Crippen LogP contribution in [0.25, 0.3) is 0 Å². The van der Waals surface area contributed by atoms with Gasteiger partial charge in [0, 0.05) is 50.3 Å². The predicted octanol–water partition coefficient (Wildman–Crippen LogP) is 4.83. The lowest BCUT2D eigenvalue weighted by Crippen LogP contribution is -2.39. The first-order valence-corrected chi connectivity index (χ1v) is 11.3. The fraction of sp³-hybridized carbons (Fsp3) is 0.333. The molecular weight excluding hydrogens is 477 g/mol. The summed E-state index contributed by atoms with van der Waals surface area (Å²) in [4.78, 5) is 26.4. The Morgan fingerprint density at radius 2 is 1.75 bits per heavy atom. The summed E-state index contributed by atoms with van der Waals surface area (Å²) >= 11 is 0. The summed E-state index contributed by atoms with van der Waals surface area (Å²) < 4.78 is 47.2.